The second-order valence-corrected chi connectivity index (χ2v) is 3.87. The van der Waals surface area contributed by atoms with Crippen molar-refractivity contribution < 1.29 is 14.4 Å². The number of nitro groups is 1. The average molecular weight is 285 g/mol. The lowest BCUT2D eigenvalue weighted by atomic mass is 10.4. The van der Waals surface area contributed by atoms with Gasteiger partial charge in [0.1, 0.15) is 6.33 Å². The van der Waals surface area contributed by atoms with Crippen LogP contribution in [-0.4, -0.2) is 55.4 Å². The molecule has 0 aromatic carbocycles. The molecule has 9 heteroatoms. The molecule has 0 aliphatic heterocycles. The van der Waals surface area contributed by atoms with Crippen LogP contribution in [-0.2, 0) is 9.47 Å². The van der Waals surface area contributed by atoms with Gasteiger partial charge in [0, 0.05) is 33.9 Å². The first-order valence-corrected chi connectivity index (χ1v) is 6.15. The summed E-state index contributed by atoms with van der Waals surface area (Å²) in [6.45, 7) is 1.96. The molecule has 1 aromatic heterocycles. The molecule has 0 radical (unpaired) electrons. The van der Waals surface area contributed by atoms with Crippen LogP contribution >= 0.6 is 0 Å². The molecule has 1 heterocycles. The predicted molar refractivity (Wildman–Crippen MR) is 74.0 cm³/mol. The SMILES string of the molecule is COCCCNc1ncnc(NCCOC)c1[N+](=O)[O-]. The number of ether oxygens (including phenoxy) is 2. The van der Waals surface area contributed by atoms with Crippen LogP contribution < -0.4 is 10.6 Å². The minimum absolute atomic E-state index is 0.166. The third-order valence-corrected chi connectivity index (χ3v) is 2.42. The fourth-order valence-electron chi connectivity index (χ4n) is 1.51. The molecule has 1 rings (SSSR count). The first-order chi connectivity index (χ1) is 9.70. The van der Waals surface area contributed by atoms with Gasteiger partial charge in [0.05, 0.1) is 11.5 Å². The highest BCUT2D eigenvalue weighted by atomic mass is 16.6. The summed E-state index contributed by atoms with van der Waals surface area (Å²) in [4.78, 5) is 18.5. The van der Waals surface area contributed by atoms with E-state index in [1.807, 2.05) is 0 Å². The Hall–Kier alpha value is -2.00. The van der Waals surface area contributed by atoms with Crippen molar-refractivity contribution in [2.75, 3.05) is 51.2 Å². The second kappa shape index (κ2) is 8.99. The fourth-order valence-corrected chi connectivity index (χ4v) is 1.51. The summed E-state index contributed by atoms with van der Waals surface area (Å²) < 4.78 is 9.79. The van der Waals surface area contributed by atoms with Gasteiger partial charge < -0.3 is 20.1 Å². The van der Waals surface area contributed by atoms with Gasteiger partial charge >= 0.3 is 5.69 Å². The average Bonchev–Trinajstić information content (AvgIpc) is 2.43. The Kier molecular flexibility index (Phi) is 7.22. The molecule has 0 aliphatic carbocycles. The maximum Gasteiger partial charge on any atom is 0.353 e. The number of rotatable bonds is 10. The van der Waals surface area contributed by atoms with Gasteiger partial charge in [-0.2, -0.15) is 0 Å². The van der Waals surface area contributed by atoms with E-state index in [1.54, 1.807) is 14.2 Å². The largest absolute Gasteiger partial charge is 0.385 e. The van der Waals surface area contributed by atoms with E-state index in [0.717, 1.165) is 6.42 Å². The zero-order chi connectivity index (χ0) is 14.8. The van der Waals surface area contributed by atoms with Gasteiger partial charge in [-0.3, -0.25) is 10.1 Å². The van der Waals surface area contributed by atoms with Crippen LogP contribution in [0.5, 0.6) is 0 Å². The van der Waals surface area contributed by atoms with Crippen LogP contribution in [0.25, 0.3) is 0 Å². The van der Waals surface area contributed by atoms with Crippen molar-refractivity contribution in [3.63, 3.8) is 0 Å². The smallest absolute Gasteiger partial charge is 0.353 e. The van der Waals surface area contributed by atoms with Crippen LogP contribution in [0.15, 0.2) is 6.33 Å². The van der Waals surface area contributed by atoms with Gasteiger partial charge in [0.2, 0.25) is 11.6 Å². The van der Waals surface area contributed by atoms with E-state index in [0.29, 0.717) is 26.3 Å². The van der Waals surface area contributed by atoms with Crippen LogP contribution in [0.4, 0.5) is 17.3 Å². The molecule has 112 valence electrons. The van der Waals surface area contributed by atoms with Crippen LogP contribution in [0, 0.1) is 10.1 Å². The molecule has 0 saturated heterocycles. The van der Waals surface area contributed by atoms with Gasteiger partial charge in [0.15, 0.2) is 0 Å². The molecule has 0 bridgehead atoms. The Morgan fingerprint density at radius 2 is 1.75 bits per heavy atom. The molecule has 0 aliphatic rings. The van der Waals surface area contributed by atoms with E-state index in [9.17, 15) is 10.1 Å². The minimum atomic E-state index is -0.506. The Balaban J connectivity index is 2.76. The van der Waals surface area contributed by atoms with Crippen molar-refractivity contribution in [3.05, 3.63) is 16.4 Å². The fraction of sp³-hybridized carbons (Fsp3) is 0.636. The summed E-state index contributed by atoms with van der Waals surface area (Å²) in [5.41, 5.74) is -0.166. The van der Waals surface area contributed by atoms with Gasteiger partial charge in [-0.25, -0.2) is 9.97 Å². The molecule has 0 amide bonds. The van der Waals surface area contributed by atoms with E-state index < -0.39 is 4.92 Å². The molecule has 2 N–H and O–H groups in total. The molecule has 1 aromatic rings. The summed E-state index contributed by atoms with van der Waals surface area (Å²) in [5.74, 6) is 0.373. The Bertz CT molecular complexity index is 429. The quantitative estimate of drug-likeness (QED) is 0.370. The van der Waals surface area contributed by atoms with Crippen molar-refractivity contribution in [1.82, 2.24) is 9.97 Å². The second-order valence-electron chi connectivity index (χ2n) is 3.87. The number of nitrogens with one attached hydrogen (secondary N) is 2. The predicted octanol–water partition coefficient (Wildman–Crippen LogP) is 0.892. The van der Waals surface area contributed by atoms with Crippen molar-refractivity contribution >= 4 is 17.3 Å². The molecule has 0 spiro atoms. The van der Waals surface area contributed by atoms with Crippen molar-refractivity contribution in [2.24, 2.45) is 0 Å². The van der Waals surface area contributed by atoms with Crippen molar-refractivity contribution in [2.45, 2.75) is 6.42 Å². The number of hydrogen-bond donors (Lipinski definition) is 2. The molecular weight excluding hydrogens is 266 g/mol. The molecule has 20 heavy (non-hydrogen) atoms. The lowest BCUT2D eigenvalue weighted by Gasteiger charge is -2.09. The summed E-state index contributed by atoms with van der Waals surface area (Å²) in [5, 5.41) is 16.9. The minimum Gasteiger partial charge on any atom is -0.385 e. The van der Waals surface area contributed by atoms with E-state index >= 15 is 0 Å². The lowest BCUT2D eigenvalue weighted by Crippen LogP contribution is -2.14. The summed E-state index contributed by atoms with van der Waals surface area (Å²) in [6.07, 6.45) is 2.00. The van der Waals surface area contributed by atoms with E-state index in [2.05, 4.69) is 20.6 Å². The Morgan fingerprint density at radius 3 is 2.30 bits per heavy atom. The normalized spacial score (nSPS) is 10.3. The molecule has 9 nitrogen and oxygen atoms in total. The monoisotopic (exact) mass is 285 g/mol. The molecule has 0 atom stereocenters. The van der Waals surface area contributed by atoms with Gasteiger partial charge in [-0.05, 0) is 6.42 Å². The van der Waals surface area contributed by atoms with Gasteiger partial charge in [0.25, 0.3) is 0 Å². The first kappa shape index (κ1) is 16.1. The number of aromatic nitrogens is 2. The third-order valence-electron chi connectivity index (χ3n) is 2.42. The maximum absolute atomic E-state index is 11.2. The Morgan fingerprint density at radius 1 is 1.15 bits per heavy atom. The lowest BCUT2D eigenvalue weighted by molar-refractivity contribution is -0.383. The zero-order valence-electron chi connectivity index (χ0n) is 11.6. The molecular formula is C11H19N5O4. The molecule has 0 saturated carbocycles. The number of anilines is 2. The van der Waals surface area contributed by atoms with Crippen molar-refractivity contribution in [1.29, 1.82) is 0 Å². The number of methoxy groups -OCH3 is 2. The van der Waals surface area contributed by atoms with Gasteiger partial charge in [-0.1, -0.05) is 0 Å². The zero-order valence-corrected chi connectivity index (χ0v) is 11.6. The first-order valence-electron chi connectivity index (χ1n) is 6.15. The number of nitrogens with zero attached hydrogens (tertiary/aromatic N) is 3. The highest BCUT2D eigenvalue weighted by Gasteiger charge is 2.22. The standard InChI is InChI=1S/C11H19N5O4/c1-19-6-3-4-12-10-9(16(17)18)11(15-8-14-10)13-5-7-20-2/h8H,3-7H2,1-2H3,(H2,12,13,14,15). The van der Waals surface area contributed by atoms with Crippen LogP contribution in [0.1, 0.15) is 6.42 Å². The Labute approximate surface area is 116 Å². The van der Waals surface area contributed by atoms with Crippen LogP contribution in [0.3, 0.4) is 0 Å². The van der Waals surface area contributed by atoms with E-state index in [1.165, 1.54) is 6.33 Å². The van der Waals surface area contributed by atoms with E-state index in [4.69, 9.17) is 9.47 Å². The van der Waals surface area contributed by atoms with E-state index in [-0.39, 0.29) is 17.3 Å². The maximum atomic E-state index is 11.2. The van der Waals surface area contributed by atoms with Gasteiger partial charge in [-0.15, -0.1) is 0 Å². The molecule has 0 fully saturated rings. The van der Waals surface area contributed by atoms with Crippen molar-refractivity contribution in [3.8, 4) is 0 Å². The third kappa shape index (κ3) is 4.94. The van der Waals surface area contributed by atoms with Crippen LogP contribution in [0.2, 0.25) is 0 Å². The summed E-state index contributed by atoms with van der Waals surface area (Å²) in [6, 6.07) is 0. The number of hydrogen-bond acceptors (Lipinski definition) is 8. The summed E-state index contributed by atoms with van der Waals surface area (Å²) >= 11 is 0. The highest BCUT2D eigenvalue weighted by molar-refractivity contribution is 5.69. The molecule has 0 unspecified atom stereocenters. The highest BCUT2D eigenvalue weighted by Crippen LogP contribution is 2.28. The summed E-state index contributed by atoms with van der Waals surface area (Å²) in [7, 11) is 3.16. The topological polar surface area (TPSA) is 111 Å².